The van der Waals surface area contributed by atoms with Gasteiger partial charge in [0.2, 0.25) is 0 Å². The molecule has 0 saturated carbocycles. The van der Waals surface area contributed by atoms with Gasteiger partial charge in [0.05, 0.1) is 17.2 Å². The summed E-state index contributed by atoms with van der Waals surface area (Å²) in [6, 6.07) is 4.08. The van der Waals surface area contributed by atoms with Crippen LogP contribution in [-0.2, 0) is 4.74 Å². The number of benzene rings is 1. The Morgan fingerprint density at radius 2 is 2.12 bits per heavy atom. The number of carbonyl (C=O) groups excluding carboxylic acids is 1. The molecule has 1 N–H and O–H groups in total. The maximum atomic E-state index is 12.4. The number of hydrogen-bond acceptors (Lipinski definition) is 5. The first-order valence-corrected chi connectivity index (χ1v) is 8.71. The average molecular weight is 369 g/mol. The van der Waals surface area contributed by atoms with Crippen molar-refractivity contribution in [2.75, 3.05) is 51.3 Å². The van der Waals surface area contributed by atoms with E-state index in [0.29, 0.717) is 19.0 Å². The Hall–Kier alpha value is -1.90. The fourth-order valence-corrected chi connectivity index (χ4v) is 3.42. The lowest BCUT2D eigenvalue weighted by atomic mass is 10.1. The van der Waals surface area contributed by atoms with Gasteiger partial charge < -0.3 is 15.0 Å². The quantitative estimate of drug-likeness (QED) is 0.651. The molecule has 0 radical (unpaired) electrons. The molecule has 2 fully saturated rings. The number of halogens is 1. The monoisotopic (exact) mass is 368 g/mol. The first kappa shape index (κ1) is 17.9. The van der Waals surface area contributed by atoms with Crippen LogP contribution in [0.15, 0.2) is 18.2 Å². The topological polar surface area (TPSA) is 87.9 Å². The van der Waals surface area contributed by atoms with Gasteiger partial charge in [-0.3, -0.25) is 15.0 Å². The molecule has 2 saturated heterocycles. The highest BCUT2D eigenvalue weighted by atomic mass is 35.5. The molecule has 2 heterocycles. The fourth-order valence-electron chi connectivity index (χ4n) is 3.18. The second kappa shape index (κ2) is 7.99. The third kappa shape index (κ3) is 4.39. The van der Waals surface area contributed by atoms with Crippen LogP contribution in [0.4, 0.5) is 16.2 Å². The van der Waals surface area contributed by atoms with Crippen molar-refractivity contribution in [1.29, 1.82) is 0 Å². The molecule has 0 aromatic heterocycles. The molecule has 25 heavy (non-hydrogen) atoms. The number of rotatable bonds is 4. The lowest BCUT2D eigenvalue weighted by molar-refractivity contribution is -0.384. The van der Waals surface area contributed by atoms with Crippen LogP contribution in [0, 0.1) is 16.0 Å². The van der Waals surface area contributed by atoms with Crippen LogP contribution >= 0.6 is 11.6 Å². The number of ether oxygens (including phenoxy) is 1. The second-order valence-corrected chi connectivity index (χ2v) is 6.72. The van der Waals surface area contributed by atoms with Gasteiger partial charge in [-0.05, 0) is 18.4 Å². The summed E-state index contributed by atoms with van der Waals surface area (Å²) in [4.78, 5) is 26.8. The predicted octanol–water partition coefficient (Wildman–Crippen LogP) is 2.43. The Kier molecular flexibility index (Phi) is 5.72. The molecule has 2 amide bonds. The van der Waals surface area contributed by atoms with Gasteiger partial charge in [0.15, 0.2) is 0 Å². The number of hydrogen-bond donors (Lipinski definition) is 1. The summed E-state index contributed by atoms with van der Waals surface area (Å²) in [7, 11) is 0. The predicted molar refractivity (Wildman–Crippen MR) is 94.1 cm³/mol. The largest absolute Gasteiger partial charge is 0.381 e. The number of piperazine rings is 1. The van der Waals surface area contributed by atoms with Crippen LogP contribution in [0.25, 0.3) is 0 Å². The summed E-state index contributed by atoms with van der Waals surface area (Å²) < 4.78 is 5.40. The van der Waals surface area contributed by atoms with Crippen LogP contribution in [0.3, 0.4) is 0 Å². The summed E-state index contributed by atoms with van der Waals surface area (Å²) in [5.41, 5.74) is 0.0365. The van der Waals surface area contributed by atoms with Gasteiger partial charge in [-0.15, -0.1) is 0 Å². The number of nitro groups is 1. The van der Waals surface area contributed by atoms with E-state index >= 15 is 0 Å². The zero-order valence-electron chi connectivity index (χ0n) is 13.8. The van der Waals surface area contributed by atoms with Gasteiger partial charge in [-0.1, -0.05) is 17.7 Å². The van der Waals surface area contributed by atoms with Crippen molar-refractivity contribution in [3.8, 4) is 0 Å². The number of carbonyl (C=O) groups is 1. The van der Waals surface area contributed by atoms with Crippen molar-refractivity contribution in [3.63, 3.8) is 0 Å². The van der Waals surface area contributed by atoms with Crippen LogP contribution < -0.4 is 5.32 Å². The molecule has 2 aliphatic rings. The maximum absolute atomic E-state index is 12.4. The minimum Gasteiger partial charge on any atom is -0.381 e. The molecule has 0 spiro atoms. The molecule has 1 aromatic rings. The average Bonchev–Trinajstić information content (AvgIpc) is 3.10. The van der Waals surface area contributed by atoms with Crippen LogP contribution in [0.2, 0.25) is 5.02 Å². The molecule has 1 atom stereocenters. The van der Waals surface area contributed by atoms with Crippen LogP contribution in [-0.4, -0.2) is 66.7 Å². The maximum Gasteiger partial charge on any atom is 0.321 e. The minimum absolute atomic E-state index is 0.0549. The summed E-state index contributed by atoms with van der Waals surface area (Å²) in [5, 5.41) is 13.5. The first-order chi connectivity index (χ1) is 12.0. The molecule has 8 nitrogen and oxygen atoms in total. The molecule has 2 aliphatic heterocycles. The fraction of sp³-hybridized carbons (Fsp3) is 0.562. The Balaban J connectivity index is 1.53. The zero-order valence-corrected chi connectivity index (χ0v) is 14.6. The number of anilines is 1. The highest BCUT2D eigenvalue weighted by Crippen LogP contribution is 2.31. The van der Waals surface area contributed by atoms with Crippen molar-refractivity contribution < 1.29 is 14.5 Å². The third-order valence-corrected chi connectivity index (χ3v) is 5.01. The molecule has 1 aromatic carbocycles. The van der Waals surface area contributed by atoms with Crippen molar-refractivity contribution in [1.82, 2.24) is 9.80 Å². The number of urea groups is 1. The molecule has 9 heteroatoms. The van der Waals surface area contributed by atoms with Gasteiger partial charge in [-0.2, -0.15) is 0 Å². The molecule has 1 unspecified atom stereocenters. The van der Waals surface area contributed by atoms with Crippen molar-refractivity contribution in [2.24, 2.45) is 5.92 Å². The van der Waals surface area contributed by atoms with E-state index in [1.165, 1.54) is 12.1 Å². The summed E-state index contributed by atoms with van der Waals surface area (Å²) in [6.45, 7) is 5.53. The smallest absolute Gasteiger partial charge is 0.321 e. The van der Waals surface area contributed by atoms with Crippen LogP contribution in [0.1, 0.15) is 6.42 Å². The van der Waals surface area contributed by atoms with Gasteiger partial charge in [0.1, 0.15) is 5.02 Å². The summed E-state index contributed by atoms with van der Waals surface area (Å²) in [6.07, 6.45) is 1.10. The highest BCUT2D eigenvalue weighted by Gasteiger charge is 2.25. The second-order valence-electron chi connectivity index (χ2n) is 6.34. The number of nitro benzene ring substituents is 1. The Morgan fingerprint density at radius 1 is 1.36 bits per heavy atom. The third-order valence-electron chi connectivity index (χ3n) is 4.62. The van der Waals surface area contributed by atoms with E-state index in [0.717, 1.165) is 39.3 Å². The van der Waals surface area contributed by atoms with Crippen molar-refractivity contribution in [2.45, 2.75) is 6.42 Å². The lowest BCUT2D eigenvalue weighted by Gasteiger charge is -2.35. The SMILES string of the molecule is O=C(Nc1cccc([N+](=O)[O-])c1Cl)N1CCN(CC2CCOC2)CC1. The molecule has 0 aliphatic carbocycles. The van der Waals surface area contributed by atoms with E-state index in [1.54, 1.807) is 11.0 Å². The number of amides is 2. The van der Waals surface area contributed by atoms with Crippen molar-refractivity contribution in [3.05, 3.63) is 33.3 Å². The van der Waals surface area contributed by atoms with E-state index in [1.807, 2.05) is 0 Å². The molecular weight excluding hydrogens is 348 g/mol. The van der Waals surface area contributed by atoms with Gasteiger partial charge in [-0.25, -0.2) is 4.79 Å². The van der Waals surface area contributed by atoms with E-state index in [2.05, 4.69) is 10.2 Å². The highest BCUT2D eigenvalue weighted by molar-refractivity contribution is 6.35. The Bertz CT molecular complexity index is 643. The van der Waals surface area contributed by atoms with Crippen LogP contribution in [0.5, 0.6) is 0 Å². The van der Waals surface area contributed by atoms with Crippen molar-refractivity contribution >= 4 is 29.0 Å². The van der Waals surface area contributed by atoms with Gasteiger partial charge >= 0.3 is 6.03 Å². The first-order valence-electron chi connectivity index (χ1n) is 8.33. The molecule has 136 valence electrons. The number of nitrogens with one attached hydrogen (secondary N) is 1. The van der Waals surface area contributed by atoms with E-state index < -0.39 is 4.92 Å². The zero-order chi connectivity index (χ0) is 17.8. The summed E-state index contributed by atoms with van der Waals surface area (Å²) in [5.74, 6) is 0.587. The standard InChI is InChI=1S/C16H21ClN4O4/c17-15-13(2-1-3-14(15)21(23)24)18-16(22)20-7-5-19(6-8-20)10-12-4-9-25-11-12/h1-3,12H,4-11H2,(H,18,22). The minimum atomic E-state index is -0.566. The molecule has 3 rings (SSSR count). The molecule has 0 bridgehead atoms. The van der Waals surface area contributed by atoms with E-state index in [4.69, 9.17) is 16.3 Å². The van der Waals surface area contributed by atoms with E-state index in [-0.39, 0.29) is 22.4 Å². The normalized spacial score (nSPS) is 21.3. The molecular formula is C16H21ClN4O4. The number of nitrogens with zero attached hydrogens (tertiary/aromatic N) is 3. The Morgan fingerprint density at radius 3 is 2.76 bits per heavy atom. The van der Waals surface area contributed by atoms with E-state index in [9.17, 15) is 14.9 Å². The Labute approximate surface area is 150 Å². The van der Waals surface area contributed by atoms with Gasteiger partial charge in [0, 0.05) is 45.4 Å². The summed E-state index contributed by atoms with van der Waals surface area (Å²) >= 11 is 6.01. The lowest BCUT2D eigenvalue weighted by Crippen LogP contribution is -2.51. The van der Waals surface area contributed by atoms with Gasteiger partial charge in [0.25, 0.3) is 5.69 Å².